The van der Waals surface area contributed by atoms with Crippen molar-refractivity contribution in [2.24, 2.45) is 5.73 Å². The van der Waals surface area contributed by atoms with E-state index in [1.807, 2.05) is 18.2 Å². The minimum atomic E-state index is -0.599. The molecule has 14 heavy (non-hydrogen) atoms. The van der Waals surface area contributed by atoms with E-state index >= 15 is 0 Å². The minimum absolute atomic E-state index is 0.428. The average molecular weight is 260 g/mol. The van der Waals surface area contributed by atoms with E-state index in [9.17, 15) is 5.11 Å². The first kappa shape index (κ1) is 11.5. The summed E-state index contributed by atoms with van der Waals surface area (Å²) in [5.74, 6) is 0.681. The van der Waals surface area contributed by atoms with Crippen LogP contribution in [0.25, 0.3) is 0 Å². The van der Waals surface area contributed by atoms with E-state index < -0.39 is 12.1 Å². The van der Waals surface area contributed by atoms with E-state index in [1.165, 1.54) is 0 Å². The van der Waals surface area contributed by atoms with Gasteiger partial charge in [0.15, 0.2) is 0 Å². The smallest absolute Gasteiger partial charge is 0.137 e. The molecular formula is C10H14BrNO2. The van der Waals surface area contributed by atoms with E-state index in [4.69, 9.17) is 10.5 Å². The molecule has 78 valence electrons. The van der Waals surface area contributed by atoms with Gasteiger partial charge in [0.2, 0.25) is 0 Å². The monoisotopic (exact) mass is 259 g/mol. The number of hydrogen-bond acceptors (Lipinski definition) is 3. The summed E-state index contributed by atoms with van der Waals surface area (Å²) in [6.45, 7) is 1.66. The molecule has 0 aromatic heterocycles. The zero-order chi connectivity index (χ0) is 10.7. The maximum Gasteiger partial charge on any atom is 0.137 e. The lowest BCUT2D eigenvalue weighted by atomic mass is 10.0. The largest absolute Gasteiger partial charge is 0.495 e. The molecule has 0 fully saturated rings. The van der Waals surface area contributed by atoms with E-state index in [-0.39, 0.29) is 0 Å². The normalized spacial score (nSPS) is 14.9. The number of ether oxygens (including phenoxy) is 1. The Morgan fingerprint density at radius 3 is 2.64 bits per heavy atom. The number of rotatable bonds is 3. The molecule has 1 aromatic carbocycles. The summed E-state index contributed by atoms with van der Waals surface area (Å²) in [6, 6.07) is 5.16. The van der Waals surface area contributed by atoms with E-state index in [0.29, 0.717) is 5.75 Å². The van der Waals surface area contributed by atoms with Gasteiger partial charge < -0.3 is 15.6 Å². The first-order valence-electron chi connectivity index (χ1n) is 4.34. The molecule has 0 saturated heterocycles. The Balaban J connectivity index is 3.13. The van der Waals surface area contributed by atoms with Crippen molar-refractivity contribution < 1.29 is 9.84 Å². The lowest BCUT2D eigenvalue weighted by Crippen LogP contribution is -2.23. The number of halogens is 1. The second-order valence-corrected chi connectivity index (χ2v) is 3.98. The zero-order valence-electron chi connectivity index (χ0n) is 8.20. The number of benzene rings is 1. The summed E-state index contributed by atoms with van der Waals surface area (Å²) in [6.07, 6.45) is -0.599. The summed E-state index contributed by atoms with van der Waals surface area (Å²) in [5, 5.41) is 9.39. The van der Waals surface area contributed by atoms with E-state index in [2.05, 4.69) is 15.9 Å². The van der Waals surface area contributed by atoms with Gasteiger partial charge in [0.25, 0.3) is 0 Å². The maximum absolute atomic E-state index is 9.39. The minimum Gasteiger partial charge on any atom is -0.495 e. The third-order valence-corrected chi connectivity index (χ3v) is 2.70. The lowest BCUT2D eigenvalue weighted by molar-refractivity contribution is 0.162. The third kappa shape index (κ3) is 2.26. The molecule has 0 aliphatic heterocycles. The maximum atomic E-state index is 9.39. The molecule has 0 spiro atoms. The van der Waals surface area contributed by atoms with Gasteiger partial charge >= 0.3 is 0 Å². The highest BCUT2D eigenvalue weighted by molar-refractivity contribution is 9.10. The van der Waals surface area contributed by atoms with Gasteiger partial charge in [-0.15, -0.1) is 0 Å². The Morgan fingerprint density at radius 2 is 2.14 bits per heavy atom. The van der Waals surface area contributed by atoms with Gasteiger partial charge in [-0.05, 0) is 28.9 Å². The number of nitrogens with two attached hydrogens (primary N) is 1. The van der Waals surface area contributed by atoms with Crippen molar-refractivity contribution in [2.75, 3.05) is 7.11 Å². The quantitative estimate of drug-likeness (QED) is 0.871. The summed E-state index contributed by atoms with van der Waals surface area (Å²) >= 11 is 3.36. The Morgan fingerprint density at radius 1 is 1.50 bits per heavy atom. The van der Waals surface area contributed by atoms with Crippen LogP contribution >= 0.6 is 15.9 Å². The predicted molar refractivity (Wildman–Crippen MR) is 59.3 cm³/mol. The second-order valence-electron chi connectivity index (χ2n) is 3.13. The van der Waals surface area contributed by atoms with Gasteiger partial charge in [0.1, 0.15) is 5.75 Å². The van der Waals surface area contributed by atoms with Gasteiger partial charge in [-0.25, -0.2) is 0 Å². The number of para-hydroxylation sites is 1. The Hall–Kier alpha value is -0.580. The Kier molecular flexibility index (Phi) is 3.92. The molecule has 0 aliphatic carbocycles. The zero-order valence-corrected chi connectivity index (χ0v) is 9.78. The highest BCUT2D eigenvalue weighted by Crippen LogP contribution is 2.32. The Labute approximate surface area is 92.0 Å². The summed E-state index contributed by atoms with van der Waals surface area (Å²) in [4.78, 5) is 0. The number of methoxy groups -OCH3 is 1. The standard InChI is InChI=1S/C10H14BrNO2/c1-6(13)9(12)7-4-3-5-8(11)10(7)14-2/h3-6,9,13H,12H2,1-2H3. The van der Waals surface area contributed by atoms with Crippen molar-refractivity contribution in [3.8, 4) is 5.75 Å². The van der Waals surface area contributed by atoms with Crippen molar-refractivity contribution in [3.63, 3.8) is 0 Å². The van der Waals surface area contributed by atoms with Gasteiger partial charge in [0.05, 0.1) is 23.7 Å². The van der Waals surface area contributed by atoms with Crippen LogP contribution in [-0.4, -0.2) is 18.3 Å². The molecule has 1 aromatic rings. The topological polar surface area (TPSA) is 55.5 Å². The third-order valence-electron chi connectivity index (χ3n) is 2.08. The number of hydrogen-bond donors (Lipinski definition) is 2. The number of aliphatic hydroxyl groups excluding tert-OH is 1. The molecule has 3 N–H and O–H groups in total. The van der Waals surface area contributed by atoms with Crippen LogP contribution in [0.5, 0.6) is 5.75 Å². The molecule has 2 unspecified atom stereocenters. The van der Waals surface area contributed by atoms with Gasteiger partial charge in [-0.1, -0.05) is 12.1 Å². The SMILES string of the molecule is COc1c(Br)cccc1C(N)C(C)O. The van der Waals surface area contributed by atoms with Crippen LogP contribution < -0.4 is 10.5 Å². The van der Waals surface area contributed by atoms with Crippen LogP contribution in [0.3, 0.4) is 0 Å². The molecule has 0 heterocycles. The molecule has 2 atom stereocenters. The molecule has 0 radical (unpaired) electrons. The van der Waals surface area contributed by atoms with Crippen LogP contribution in [0, 0.1) is 0 Å². The van der Waals surface area contributed by atoms with Crippen LogP contribution in [0.2, 0.25) is 0 Å². The van der Waals surface area contributed by atoms with Crippen LogP contribution in [0.15, 0.2) is 22.7 Å². The van der Waals surface area contributed by atoms with Gasteiger partial charge in [0, 0.05) is 5.56 Å². The van der Waals surface area contributed by atoms with Gasteiger partial charge in [-0.2, -0.15) is 0 Å². The first-order chi connectivity index (χ1) is 6.57. The van der Waals surface area contributed by atoms with E-state index in [0.717, 1.165) is 10.0 Å². The first-order valence-corrected chi connectivity index (χ1v) is 5.13. The van der Waals surface area contributed by atoms with Crippen molar-refractivity contribution in [3.05, 3.63) is 28.2 Å². The Bertz CT molecular complexity index is 315. The van der Waals surface area contributed by atoms with Crippen LogP contribution in [0.4, 0.5) is 0 Å². The predicted octanol–water partition coefficient (Wildman–Crippen LogP) is 1.84. The molecule has 0 saturated carbocycles. The molecule has 3 nitrogen and oxygen atoms in total. The highest BCUT2D eigenvalue weighted by atomic mass is 79.9. The molecular weight excluding hydrogens is 246 g/mol. The van der Waals surface area contributed by atoms with Crippen LogP contribution in [0.1, 0.15) is 18.5 Å². The van der Waals surface area contributed by atoms with Crippen molar-refractivity contribution in [1.29, 1.82) is 0 Å². The van der Waals surface area contributed by atoms with Crippen molar-refractivity contribution in [2.45, 2.75) is 19.1 Å². The summed E-state index contributed by atoms with van der Waals surface area (Å²) in [5.41, 5.74) is 6.63. The van der Waals surface area contributed by atoms with Crippen LogP contribution in [-0.2, 0) is 0 Å². The fourth-order valence-electron chi connectivity index (χ4n) is 1.26. The average Bonchev–Trinajstić information content (AvgIpc) is 2.16. The van der Waals surface area contributed by atoms with E-state index in [1.54, 1.807) is 14.0 Å². The second kappa shape index (κ2) is 4.77. The highest BCUT2D eigenvalue weighted by Gasteiger charge is 2.17. The molecule has 0 aliphatic rings. The molecule has 0 bridgehead atoms. The molecule has 4 heteroatoms. The van der Waals surface area contributed by atoms with Crippen molar-refractivity contribution in [1.82, 2.24) is 0 Å². The summed E-state index contributed by atoms with van der Waals surface area (Å²) < 4.78 is 6.05. The fourth-order valence-corrected chi connectivity index (χ4v) is 1.81. The number of aliphatic hydroxyl groups is 1. The van der Waals surface area contributed by atoms with Gasteiger partial charge in [-0.3, -0.25) is 0 Å². The molecule has 0 amide bonds. The lowest BCUT2D eigenvalue weighted by Gasteiger charge is -2.18. The summed E-state index contributed by atoms with van der Waals surface area (Å²) in [7, 11) is 1.58. The van der Waals surface area contributed by atoms with Crippen molar-refractivity contribution >= 4 is 15.9 Å². The molecule has 1 rings (SSSR count). The fraction of sp³-hybridized carbons (Fsp3) is 0.400.